The monoisotopic (exact) mass is 164 g/mol. The molecule has 4 heteroatoms. The fourth-order valence-corrected chi connectivity index (χ4v) is 0. The van der Waals surface area contributed by atoms with Gasteiger partial charge in [-0.25, -0.2) is 0 Å². The molecule has 0 saturated carbocycles. The summed E-state index contributed by atoms with van der Waals surface area (Å²) in [6.45, 7) is 0. The maximum Gasteiger partial charge on any atom is 1.00 e. The van der Waals surface area contributed by atoms with Gasteiger partial charge in [-0.15, -0.1) is 0 Å². The minimum Gasteiger partial charge on any atom is -1.00 e. The van der Waals surface area contributed by atoms with E-state index in [9.17, 15) is 3.74 Å². The normalized spacial score (nSPS) is 12.4. The SMILES string of the molecule is C[AsH](=O)O.[H-].[K+]. The Kier molecular flexibility index (Phi) is 12.0. The van der Waals surface area contributed by atoms with Crippen LogP contribution in [-0.2, 0) is 3.74 Å². The van der Waals surface area contributed by atoms with E-state index in [-0.39, 0.29) is 52.8 Å². The molecular formula is CH6AsKO2. The van der Waals surface area contributed by atoms with Crippen LogP contribution < -0.4 is 51.4 Å². The van der Waals surface area contributed by atoms with Crippen molar-refractivity contribution in [2.24, 2.45) is 0 Å². The standard InChI is InChI=1S/CH5AsO2.K.H/c1-2(3)4;;/h2H,1H3,(H,3,4);;/q;+1;-1. The molecule has 0 fully saturated rings. The summed E-state index contributed by atoms with van der Waals surface area (Å²) in [6.07, 6.45) is 0. The van der Waals surface area contributed by atoms with Gasteiger partial charge in [0.25, 0.3) is 0 Å². The van der Waals surface area contributed by atoms with Gasteiger partial charge < -0.3 is 1.43 Å². The van der Waals surface area contributed by atoms with Gasteiger partial charge in [-0.1, -0.05) is 0 Å². The molecule has 1 N–H and O–H groups in total. The van der Waals surface area contributed by atoms with Crippen LogP contribution in [0.2, 0.25) is 5.71 Å². The molecule has 1 atom stereocenters. The average molecular weight is 164 g/mol. The molecule has 0 rings (SSSR count). The fourth-order valence-electron chi connectivity index (χ4n) is 0. The van der Waals surface area contributed by atoms with Crippen molar-refractivity contribution in [2.75, 3.05) is 0 Å². The predicted molar refractivity (Wildman–Crippen MR) is 17.0 cm³/mol. The van der Waals surface area contributed by atoms with E-state index in [4.69, 9.17) is 4.10 Å². The first kappa shape index (κ1) is 10.0. The van der Waals surface area contributed by atoms with E-state index in [1.807, 2.05) is 0 Å². The van der Waals surface area contributed by atoms with Gasteiger partial charge in [0.1, 0.15) is 0 Å². The zero-order valence-electron chi connectivity index (χ0n) is 4.36. The molecule has 2 nitrogen and oxygen atoms in total. The third-order valence-corrected chi connectivity index (χ3v) is 0. The maximum absolute atomic E-state index is 9.25. The van der Waals surface area contributed by atoms with Crippen molar-refractivity contribution in [1.29, 1.82) is 0 Å². The minimum absolute atomic E-state index is 0. The number of rotatable bonds is 0. The molecule has 0 aromatic heterocycles. The Hall–Kier alpha value is 1.95. The third kappa shape index (κ3) is 24.4. The van der Waals surface area contributed by atoms with Crippen molar-refractivity contribution >= 4 is 14.9 Å². The summed E-state index contributed by atoms with van der Waals surface area (Å²) in [4.78, 5) is 0. The molecule has 0 radical (unpaired) electrons. The van der Waals surface area contributed by atoms with E-state index in [2.05, 4.69) is 0 Å². The van der Waals surface area contributed by atoms with E-state index in [0.29, 0.717) is 0 Å². The second-order valence-corrected chi connectivity index (χ2v) is 2.70. The second-order valence-electron chi connectivity index (χ2n) is 0.519. The Morgan fingerprint density at radius 3 is 2.00 bits per heavy atom. The van der Waals surface area contributed by atoms with Crippen LogP contribution >= 0.6 is 0 Å². The van der Waals surface area contributed by atoms with Crippen LogP contribution in [0.3, 0.4) is 0 Å². The van der Waals surface area contributed by atoms with Crippen LogP contribution in [0.15, 0.2) is 0 Å². The molecule has 0 saturated heterocycles. The molecule has 0 spiro atoms. The predicted octanol–water partition coefficient (Wildman–Crippen LogP) is -3.62. The maximum atomic E-state index is 9.25. The largest absolute Gasteiger partial charge is 1.00 e. The van der Waals surface area contributed by atoms with Crippen LogP contribution in [0.1, 0.15) is 1.43 Å². The van der Waals surface area contributed by atoms with Crippen molar-refractivity contribution < 1.29 is 60.6 Å². The summed E-state index contributed by atoms with van der Waals surface area (Å²) in [7, 11) is 0. The summed E-state index contributed by atoms with van der Waals surface area (Å²) in [5, 5.41) is 0. The molecule has 0 aromatic carbocycles. The van der Waals surface area contributed by atoms with E-state index < -0.39 is 14.9 Å². The Bertz CT molecular complexity index is 36.5. The zero-order chi connectivity index (χ0) is 3.58. The molecule has 0 aliphatic rings. The van der Waals surface area contributed by atoms with Crippen molar-refractivity contribution in [3.05, 3.63) is 0 Å². The first-order chi connectivity index (χ1) is 1.73. The van der Waals surface area contributed by atoms with Gasteiger partial charge in [-0.05, 0) is 0 Å². The van der Waals surface area contributed by atoms with Crippen LogP contribution in [0.4, 0.5) is 0 Å². The average Bonchev–Trinajstić information content (AvgIpc) is 0.811. The third-order valence-electron chi connectivity index (χ3n) is 0. The van der Waals surface area contributed by atoms with Crippen molar-refractivity contribution in [3.8, 4) is 0 Å². The van der Waals surface area contributed by atoms with Crippen molar-refractivity contribution in [3.63, 3.8) is 0 Å². The minimum atomic E-state index is -2.58. The Morgan fingerprint density at radius 2 is 2.00 bits per heavy atom. The topological polar surface area (TPSA) is 37.3 Å². The van der Waals surface area contributed by atoms with Crippen LogP contribution in [-0.4, -0.2) is 19.0 Å². The molecular weight excluding hydrogens is 158 g/mol. The van der Waals surface area contributed by atoms with E-state index >= 15 is 0 Å². The summed E-state index contributed by atoms with van der Waals surface area (Å²) >= 11 is -2.58. The molecule has 1 unspecified atom stereocenters. The van der Waals surface area contributed by atoms with Gasteiger partial charge in [0.2, 0.25) is 0 Å². The van der Waals surface area contributed by atoms with E-state index in [1.54, 1.807) is 0 Å². The van der Waals surface area contributed by atoms with Gasteiger partial charge >= 0.3 is 79.9 Å². The van der Waals surface area contributed by atoms with Gasteiger partial charge in [0, 0.05) is 0 Å². The van der Waals surface area contributed by atoms with Gasteiger partial charge in [0.05, 0.1) is 0 Å². The van der Waals surface area contributed by atoms with Crippen molar-refractivity contribution in [1.82, 2.24) is 0 Å². The van der Waals surface area contributed by atoms with Gasteiger partial charge in [0.15, 0.2) is 0 Å². The summed E-state index contributed by atoms with van der Waals surface area (Å²) in [5.74, 6) is 0. The smallest absolute Gasteiger partial charge is 1.00 e. The number of hydrogen-bond acceptors (Lipinski definition) is 1. The first-order valence-electron chi connectivity index (χ1n) is 0.928. The molecule has 0 aliphatic heterocycles. The van der Waals surface area contributed by atoms with Crippen molar-refractivity contribution in [2.45, 2.75) is 5.71 Å². The number of hydrogen-bond donors (Lipinski definition) is 1. The Labute approximate surface area is 79.7 Å². The molecule has 0 aliphatic carbocycles. The Balaban J connectivity index is -0.0000000450. The van der Waals surface area contributed by atoms with Crippen LogP contribution in [0.5, 0.6) is 0 Å². The van der Waals surface area contributed by atoms with E-state index in [1.165, 1.54) is 5.71 Å². The summed E-state index contributed by atoms with van der Waals surface area (Å²) < 4.78 is 16.9. The first-order valence-corrected chi connectivity index (χ1v) is 4.82. The molecule has 0 aromatic rings. The molecule has 28 valence electrons. The molecule has 0 amide bonds. The Morgan fingerprint density at radius 1 is 2.00 bits per heavy atom. The second kappa shape index (κ2) is 5.95. The molecule has 0 heterocycles. The summed E-state index contributed by atoms with van der Waals surface area (Å²) in [6, 6.07) is 0. The molecule has 0 bridgehead atoms. The molecule has 5 heavy (non-hydrogen) atoms. The fraction of sp³-hybridized carbons (Fsp3) is 1.00. The van der Waals surface area contributed by atoms with Crippen LogP contribution in [0, 0.1) is 0 Å². The zero-order valence-corrected chi connectivity index (χ0v) is 8.58. The summed E-state index contributed by atoms with van der Waals surface area (Å²) in [5.41, 5.74) is 1.33. The van der Waals surface area contributed by atoms with Gasteiger partial charge in [-0.3, -0.25) is 0 Å². The quantitative estimate of drug-likeness (QED) is 0.375. The van der Waals surface area contributed by atoms with E-state index in [0.717, 1.165) is 0 Å². The van der Waals surface area contributed by atoms with Crippen LogP contribution in [0.25, 0.3) is 0 Å². The van der Waals surface area contributed by atoms with Gasteiger partial charge in [-0.2, -0.15) is 0 Å².